The van der Waals surface area contributed by atoms with Crippen LogP contribution in [0.2, 0.25) is 0 Å². The summed E-state index contributed by atoms with van der Waals surface area (Å²) in [5, 5.41) is 0. The van der Waals surface area contributed by atoms with Gasteiger partial charge in [-0.05, 0) is 13.8 Å². The van der Waals surface area contributed by atoms with E-state index in [2.05, 4.69) is 0 Å². The van der Waals surface area contributed by atoms with E-state index in [9.17, 15) is 26.3 Å². The number of hydrogen-bond donors (Lipinski definition) is 0. The van der Waals surface area contributed by atoms with Crippen LogP contribution in [0.1, 0.15) is 13.8 Å². The van der Waals surface area contributed by atoms with Crippen molar-refractivity contribution in [3.63, 3.8) is 0 Å². The summed E-state index contributed by atoms with van der Waals surface area (Å²) in [7, 11) is 0. The maximum absolute atomic E-state index is 11.9. The van der Waals surface area contributed by atoms with Gasteiger partial charge in [-0.1, -0.05) is 11.6 Å². The Morgan fingerprint density at radius 2 is 1.31 bits per heavy atom. The van der Waals surface area contributed by atoms with Crippen LogP contribution < -0.4 is 0 Å². The van der Waals surface area contributed by atoms with Crippen molar-refractivity contribution in [2.24, 2.45) is 5.92 Å². The molecule has 6 heteroatoms. The third-order valence-corrected chi connectivity index (χ3v) is 1.57. The summed E-state index contributed by atoms with van der Waals surface area (Å²) < 4.78 is 71.4. The minimum absolute atomic E-state index is 0.736. The minimum atomic E-state index is -5.27. The second-order valence-electron chi connectivity index (χ2n) is 2.55. The molecule has 0 aliphatic heterocycles. The summed E-state index contributed by atoms with van der Waals surface area (Å²) in [4.78, 5) is 0. The standard InChI is InChI=1S/C7H8F6/c1-3-4(2)5(6(8,9)10)7(11,12)13/h3,5H,1-2H3/b4-3+. The Morgan fingerprint density at radius 3 is 1.38 bits per heavy atom. The van der Waals surface area contributed by atoms with E-state index in [1.807, 2.05) is 0 Å². The van der Waals surface area contributed by atoms with Gasteiger partial charge in [0.15, 0.2) is 5.92 Å². The molecule has 0 aromatic heterocycles. The minimum Gasteiger partial charge on any atom is -0.170 e. The van der Waals surface area contributed by atoms with E-state index in [0.717, 1.165) is 19.9 Å². The lowest BCUT2D eigenvalue weighted by Crippen LogP contribution is -2.37. The molecule has 0 bridgehead atoms. The normalized spacial score (nSPS) is 15.3. The van der Waals surface area contributed by atoms with Crippen molar-refractivity contribution >= 4 is 0 Å². The monoisotopic (exact) mass is 206 g/mol. The van der Waals surface area contributed by atoms with Gasteiger partial charge in [0.2, 0.25) is 0 Å². The van der Waals surface area contributed by atoms with Gasteiger partial charge in [-0.25, -0.2) is 0 Å². The molecule has 0 atom stereocenters. The number of rotatable bonds is 1. The Labute approximate surface area is 71.2 Å². The number of halogens is 6. The number of allylic oxidation sites excluding steroid dienone is 2. The van der Waals surface area contributed by atoms with Crippen LogP contribution in [0.25, 0.3) is 0 Å². The third-order valence-electron chi connectivity index (χ3n) is 1.57. The van der Waals surface area contributed by atoms with Gasteiger partial charge in [-0.2, -0.15) is 26.3 Å². The highest BCUT2D eigenvalue weighted by molar-refractivity contribution is 5.07. The van der Waals surface area contributed by atoms with Crippen LogP contribution in [-0.2, 0) is 0 Å². The molecular formula is C7H8F6. The molecular weight excluding hydrogens is 198 g/mol. The lowest BCUT2D eigenvalue weighted by molar-refractivity contribution is -0.271. The van der Waals surface area contributed by atoms with Crippen LogP contribution in [0.3, 0.4) is 0 Å². The van der Waals surface area contributed by atoms with Crippen molar-refractivity contribution in [1.29, 1.82) is 0 Å². The van der Waals surface area contributed by atoms with E-state index in [1.54, 1.807) is 0 Å². The first-order valence-corrected chi connectivity index (χ1v) is 3.37. The van der Waals surface area contributed by atoms with E-state index >= 15 is 0 Å². The molecule has 0 saturated heterocycles. The van der Waals surface area contributed by atoms with Crippen LogP contribution in [0.5, 0.6) is 0 Å². The molecule has 0 saturated carbocycles. The zero-order chi connectivity index (χ0) is 10.9. The fourth-order valence-corrected chi connectivity index (χ4v) is 0.869. The Morgan fingerprint density at radius 1 is 1.00 bits per heavy atom. The quantitative estimate of drug-likeness (QED) is 0.453. The molecule has 0 amide bonds. The molecule has 13 heavy (non-hydrogen) atoms. The fourth-order valence-electron chi connectivity index (χ4n) is 0.869. The second-order valence-corrected chi connectivity index (χ2v) is 2.55. The molecule has 78 valence electrons. The van der Waals surface area contributed by atoms with Crippen molar-refractivity contribution in [2.75, 3.05) is 0 Å². The van der Waals surface area contributed by atoms with Gasteiger partial charge in [0.1, 0.15) is 0 Å². The maximum Gasteiger partial charge on any atom is 0.404 e. The number of alkyl halides is 6. The molecule has 0 radical (unpaired) electrons. The summed E-state index contributed by atoms with van der Waals surface area (Å²) >= 11 is 0. The molecule has 0 N–H and O–H groups in total. The Bertz CT molecular complexity index is 182. The van der Waals surface area contributed by atoms with Gasteiger partial charge in [-0.3, -0.25) is 0 Å². The molecule has 0 aromatic carbocycles. The summed E-state index contributed by atoms with van der Waals surface area (Å²) in [5.74, 6) is -3.34. The molecule has 0 aromatic rings. The Hall–Kier alpha value is -0.680. The van der Waals surface area contributed by atoms with Crippen LogP contribution in [0, 0.1) is 5.92 Å². The average molecular weight is 206 g/mol. The van der Waals surface area contributed by atoms with E-state index in [4.69, 9.17) is 0 Å². The molecule has 0 unspecified atom stereocenters. The van der Waals surface area contributed by atoms with E-state index in [-0.39, 0.29) is 0 Å². The number of hydrogen-bond acceptors (Lipinski definition) is 0. The molecule has 0 nitrogen and oxygen atoms in total. The van der Waals surface area contributed by atoms with Gasteiger partial charge in [0.05, 0.1) is 0 Å². The zero-order valence-corrected chi connectivity index (χ0v) is 6.92. The van der Waals surface area contributed by atoms with E-state index in [1.165, 1.54) is 0 Å². The molecule has 0 aliphatic rings. The largest absolute Gasteiger partial charge is 0.404 e. The van der Waals surface area contributed by atoms with Gasteiger partial charge < -0.3 is 0 Å². The smallest absolute Gasteiger partial charge is 0.170 e. The van der Waals surface area contributed by atoms with Gasteiger partial charge >= 0.3 is 12.4 Å². The lowest BCUT2D eigenvalue weighted by atomic mass is 9.99. The van der Waals surface area contributed by atoms with Crippen molar-refractivity contribution in [2.45, 2.75) is 26.2 Å². The van der Waals surface area contributed by atoms with Crippen molar-refractivity contribution < 1.29 is 26.3 Å². The van der Waals surface area contributed by atoms with Crippen LogP contribution >= 0.6 is 0 Å². The lowest BCUT2D eigenvalue weighted by Gasteiger charge is -2.23. The third kappa shape index (κ3) is 3.28. The molecule has 0 heterocycles. The SMILES string of the molecule is C/C=C(\C)C(C(F)(F)F)C(F)(F)F. The first kappa shape index (κ1) is 12.3. The first-order valence-electron chi connectivity index (χ1n) is 3.37. The average Bonchev–Trinajstić information content (AvgIpc) is 1.80. The van der Waals surface area contributed by atoms with Crippen molar-refractivity contribution in [3.05, 3.63) is 11.6 Å². The van der Waals surface area contributed by atoms with Crippen LogP contribution in [0.15, 0.2) is 11.6 Å². The highest BCUT2D eigenvalue weighted by Gasteiger charge is 2.57. The van der Waals surface area contributed by atoms with Crippen molar-refractivity contribution in [3.8, 4) is 0 Å². The van der Waals surface area contributed by atoms with Gasteiger partial charge in [-0.15, -0.1) is 0 Å². The Kier molecular flexibility index (Phi) is 3.40. The molecule has 0 fully saturated rings. The van der Waals surface area contributed by atoms with E-state index in [0.29, 0.717) is 0 Å². The van der Waals surface area contributed by atoms with Crippen LogP contribution in [-0.4, -0.2) is 12.4 Å². The molecule has 0 spiro atoms. The first-order chi connectivity index (χ1) is 5.60. The zero-order valence-electron chi connectivity index (χ0n) is 6.92. The highest BCUT2D eigenvalue weighted by atomic mass is 19.4. The molecule has 0 aliphatic carbocycles. The topological polar surface area (TPSA) is 0 Å². The second kappa shape index (κ2) is 3.59. The van der Waals surface area contributed by atoms with Gasteiger partial charge in [0, 0.05) is 0 Å². The van der Waals surface area contributed by atoms with E-state index < -0.39 is 23.8 Å². The summed E-state index contributed by atoms with van der Waals surface area (Å²) in [5.41, 5.74) is -0.736. The van der Waals surface area contributed by atoms with Crippen LogP contribution in [0.4, 0.5) is 26.3 Å². The molecule has 0 rings (SSSR count). The maximum atomic E-state index is 11.9. The van der Waals surface area contributed by atoms with Gasteiger partial charge in [0.25, 0.3) is 0 Å². The summed E-state index contributed by atoms with van der Waals surface area (Å²) in [6.07, 6.45) is -9.73. The highest BCUT2D eigenvalue weighted by Crippen LogP contribution is 2.43. The predicted molar refractivity (Wildman–Crippen MR) is 35.0 cm³/mol. The fraction of sp³-hybridized carbons (Fsp3) is 0.714. The Balaban J connectivity index is 5.01. The van der Waals surface area contributed by atoms with Crippen molar-refractivity contribution in [1.82, 2.24) is 0 Å². The predicted octanol–water partition coefficient (Wildman–Crippen LogP) is 3.69. The summed E-state index contributed by atoms with van der Waals surface area (Å²) in [6.45, 7) is 1.95. The summed E-state index contributed by atoms with van der Waals surface area (Å²) in [6, 6.07) is 0.